The average molecular weight is 327 g/mol. The fourth-order valence-electron chi connectivity index (χ4n) is 1.53. The summed E-state index contributed by atoms with van der Waals surface area (Å²) in [5.74, 6) is -1.84. The molecule has 3 nitrogen and oxygen atoms in total. The van der Waals surface area contributed by atoms with Crippen LogP contribution in [0.5, 0.6) is 0 Å². The van der Waals surface area contributed by atoms with Gasteiger partial charge in [0.25, 0.3) is 5.91 Å². The second kappa shape index (κ2) is 5.36. The number of carbonyl (C=O) groups is 1. The molecule has 98 valence electrons. The van der Waals surface area contributed by atoms with Crippen LogP contribution in [0, 0.1) is 11.6 Å². The number of halogens is 3. The summed E-state index contributed by atoms with van der Waals surface area (Å²) >= 11 is 3.17. The molecule has 6 heteroatoms. The van der Waals surface area contributed by atoms with E-state index in [2.05, 4.69) is 21.2 Å². The van der Waals surface area contributed by atoms with Crippen LogP contribution in [-0.2, 0) is 0 Å². The summed E-state index contributed by atoms with van der Waals surface area (Å²) in [6.45, 7) is 0. The lowest BCUT2D eigenvalue weighted by Gasteiger charge is -2.07. The number of amides is 1. The first-order valence-corrected chi connectivity index (χ1v) is 6.07. The first-order chi connectivity index (χ1) is 8.95. The summed E-state index contributed by atoms with van der Waals surface area (Å²) in [7, 11) is 0. The molecule has 0 saturated heterocycles. The van der Waals surface area contributed by atoms with Crippen LogP contribution >= 0.6 is 15.9 Å². The van der Waals surface area contributed by atoms with Crippen molar-refractivity contribution in [2.75, 3.05) is 11.1 Å². The smallest absolute Gasteiger partial charge is 0.255 e. The molecule has 0 unspecified atom stereocenters. The van der Waals surface area contributed by atoms with Crippen LogP contribution in [0.15, 0.2) is 40.9 Å². The Labute approximate surface area is 116 Å². The molecule has 1 amide bonds. The van der Waals surface area contributed by atoms with Gasteiger partial charge >= 0.3 is 0 Å². The molecule has 0 spiro atoms. The Hall–Kier alpha value is -1.95. The third-order valence-electron chi connectivity index (χ3n) is 2.36. The maximum atomic E-state index is 13.5. The maximum Gasteiger partial charge on any atom is 0.255 e. The van der Waals surface area contributed by atoms with E-state index < -0.39 is 17.5 Å². The molecule has 0 bridgehead atoms. The number of hydrogen-bond acceptors (Lipinski definition) is 2. The van der Waals surface area contributed by atoms with Gasteiger partial charge in [0.15, 0.2) is 0 Å². The lowest BCUT2D eigenvalue weighted by Crippen LogP contribution is -2.13. The van der Waals surface area contributed by atoms with E-state index in [-0.39, 0.29) is 16.9 Å². The minimum absolute atomic E-state index is 0.00204. The Balaban J connectivity index is 2.28. The number of nitrogens with two attached hydrogens (primary N) is 1. The van der Waals surface area contributed by atoms with Crippen LogP contribution in [0.4, 0.5) is 20.2 Å². The van der Waals surface area contributed by atoms with Crippen molar-refractivity contribution >= 4 is 33.2 Å². The van der Waals surface area contributed by atoms with Gasteiger partial charge in [0.05, 0.1) is 5.69 Å². The zero-order valence-corrected chi connectivity index (χ0v) is 11.2. The molecule has 0 aliphatic carbocycles. The van der Waals surface area contributed by atoms with Crippen molar-refractivity contribution in [3.05, 3.63) is 58.1 Å². The Morgan fingerprint density at radius 1 is 1.16 bits per heavy atom. The average Bonchev–Trinajstić information content (AvgIpc) is 2.32. The van der Waals surface area contributed by atoms with Gasteiger partial charge in [0.1, 0.15) is 11.6 Å². The van der Waals surface area contributed by atoms with Crippen LogP contribution in [0.3, 0.4) is 0 Å². The molecule has 0 radical (unpaired) electrons. The van der Waals surface area contributed by atoms with E-state index >= 15 is 0 Å². The van der Waals surface area contributed by atoms with Crippen molar-refractivity contribution in [2.45, 2.75) is 0 Å². The van der Waals surface area contributed by atoms with Gasteiger partial charge in [0, 0.05) is 15.7 Å². The zero-order chi connectivity index (χ0) is 14.0. The summed E-state index contributed by atoms with van der Waals surface area (Å²) in [4.78, 5) is 11.9. The standard InChI is InChI=1S/C13H9BrF2N2O/c14-8-1-2-11(16)12(5-8)18-13(19)7-3-9(15)6-10(17)4-7/h1-6H,17H2,(H,18,19). The van der Waals surface area contributed by atoms with Crippen molar-refractivity contribution in [2.24, 2.45) is 0 Å². The molecule has 19 heavy (non-hydrogen) atoms. The van der Waals surface area contributed by atoms with E-state index in [0.29, 0.717) is 4.47 Å². The first-order valence-electron chi connectivity index (χ1n) is 5.28. The first kappa shape index (κ1) is 13.5. The van der Waals surface area contributed by atoms with Gasteiger partial charge in [-0.2, -0.15) is 0 Å². The summed E-state index contributed by atoms with van der Waals surface area (Å²) < 4.78 is 27.2. The van der Waals surface area contributed by atoms with Gasteiger partial charge in [-0.15, -0.1) is 0 Å². The highest BCUT2D eigenvalue weighted by Crippen LogP contribution is 2.21. The van der Waals surface area contributed by atoms with Crippen molar-refractivity contribution in [3.63, 3.8) is 0 Å². The number of nitrogen functional groups attached to an aromatic ring is 1. The van der Waals surface area contributed by atoms with Gasteiger partial charge in [-0.25, -0.2) is 8.78 Å². The zero-order valence-electron chi connectivity index (χ0n) is 9.58. The minimum Gasteiger partial charge on any atom is -0.399 e. The van der Waals surface area contributed by atoms with Gasteiger partial charge in [-0.1, -0.05) is 15.9 Å². The van der Waals surface area contributed by atoms with Gasteiger partial charge < -0.3 is 11.1 Å². The van der Waals surface area contributed by atoms with Crippen LogP contribution in [0.25, 0.3) is 0 Å². The summed E-state index contributed by atoms with van der Waals surface area (Å²) in [6, 6.07) is 7.56. The lowest BCUT2D eigenvalue weighted by atomic mass is 10.1. The molecule has 0 fully saturated rings. The van der Waals surface area contributed by atoms with Crippen molar-refractivity contribution in [1.82, 2.24) is 0 Å². The number of benzene rings is 2. The molecule has 0 heterocycles. The molecule has 0 atom stereocenters. The van der Waals surface area contributed by atoms with E-state index in [1.54, 1.807) is 0 Å². The predicted octanol–water partition coefficient (Wildman–Crippen LogP) is 3.56. The van der Waals surface area contributed by atoms with Crippen molar-refractivity contribution < 1.29 is 13.6 Å². The summed E-state index contributed by atoms with van der Waals surface area (Å²) in [6.07, 6.45) is 0. The van der Waals surface area contributed by atoms with E-state index in [0.717, 1.165) is 12.1 Å². The molecule has 0 aliphatic rings. The van der Waals surface area contributed by atoms with Crippen molar-refractivity contribution in [3.8, 4) is 0 Å². The quantitative estimate of drug-likeness (QED) is 0.829. The largest absolute Gasteiger partial charge is 0.399 e. The topological polar surface area (TPSA) is 55.1 Å². The Morgan fingerprint density at radius 3 is 2.58 bits per heavy atom. The Bertz CT molecular complexity index is 626. The maximum absolute atomic E-state index is 13.5. The van der Waals surface area contributed by atoms with Gasteiger partial charge in [-0.3, -0.25) is 4.79 Å². The van der Waals surface area contributed by atoms with E-state index in [1.807, 2.05) is 0 Å². The van der Waals surface area contributed by atoms with Crippen LogP contribution < -0.4 is 11.1 Å². The lowest BCUT2D eigenvalue weighted by molar-refractivity contribution is 0.102. The summed E-state index contributed by atoms with van der Waals surface area (Å²) in [5, 5.41) is 2.36. The Kier molecular flexibility index (Phi) is 3.80. The van der Waals surface area contributed by atoms with Crippen molar-refractivity contribution in [1.29, 1.82) is 0 Å². The molecule has 2 aromatic carbocycles. The van der Waals surface area contributed by atoms with E-state index in [9.17, 15) is 13.6 Å². The molecule has 2 rings (SSSR count). The molecular weight excluding hydrogens is 318 g/mol. The fraction of sp³-hybridized carbons (Fsp3) is 0. The number of carbonyl (C=O) groups excluding carboxylic acids is 1. The molecular formula is C13H9BrF2N2O. The second-order valence-electron chi connectivity index (χ2n) is 3.85. The van der Waals surface area contributed by atoms with Crippen LogP contribution in [0.2, 0.25) is 0 Å². The van der Waals surface area contributed by atoms with Crippen LogP contribution in [-0.4, -0.2) is 5.91 Å². The number of anilines is 2. The normalized spacial score (nSPS) is 10.3. The highest BCUT2D eigenvalue weighted by atomic mass is 79.9. The minimum atomic E-state index is -0.636. The SMILES string of the molecule is Nc1cc(F)cc(C(=O)Nc2cc(Br)ccc2F)c1. The predicted molar refractivity (Wildman–Crippen MR) is 72.9 cm³/mol. The molecule has 2 aromatic rings. The molecule has 0 aromatic heterocycles. The van der Waals surface area contributed by atoms with Gasteiger partial charge in [-0.05, 0) is 36.4 Å². The van der Waals surface area contributed by atoms with E-state index in [1.165, 1.54) is 24.3 Å². The third kappa shape index (κ3) is 3.29. The number of rotatable bonds is 2. The highest BCUT2D eigenvalue weighted by Gasteiger charge is 2.11. The molecule has 0 saturated carbocycles. The third-order valence-corrected chi connectivity index (χ3v) is 2.85. The van der Waals surface area contributed by atoms with Crippen LogP contribution in [0.1, 0.15) is 10.4 Å². The molecule has 3 N–H and O–H groups in total. The fourth-order valence-corrected chi connectivity index (χ4v) is 1.89. The summed E-state index contributed by atoms with van der Waals surface area (Å²) in [5.41, 5.74) is 5.59. The monoisotopic (exact) mass is 326 g/mol. The molecule has 0 aliphatic heterocycles. The van der Waals surface area contributed by atoms with Gasteiger partial charge in [0.2, 0.25) is 0 Å². The van der Waals surface area contributed by atoms with E-state index in [4.69, 9.17) is 5.73 Å². The highest BCUT2D eigenvalue weighted by molar-refractivity contribution is 9.10. The number of hydrogen-bond donors (Lipinski definition) is 2. The number of nitrogens with one attached hydrogen (secondary N) is 1. The Morgan fingerprint density at radius 2 is 1.89 bits per heavy atom. The second-order valence-corrected chi connectivity index (χ2v) is 4.77.